The molecule has 5 nitrogen and oxygen atoms in total. The van der Waals surface area contributed by atoms with Gasteiger partial charge in [0.1, 0.15) is 5.75 Å². The van der Waals surface area contributed by atoms with Crippen molar-refractivity contribution >= 4 is 0 Å². The molecule has 5 heteroatoms. The molecule has 1 aromatic heterocycles. The van der Waals surface area contributed by atoms with Gasteiger partial charge in [-0.3, -0.25) is 4.68 Å². The molecule has 0 spiro atoms. The number of hydrogen-bond donors (Lipinski definition) is 1. The Hall–Kier alpha value is -3.10. The quantitative estimate of drug-likeness (QED) is 0.557. The maximum Gasteiger partial charge on any atom is 0.119 e. The third-order valence-electron chi connectivity index (χ3n) is 4.25. The van der Waals surface area contributed by atoms with E-state index < -0.39 is 0 Å². The Morgan fingerprint density at radius 3 is 2.74 bits per heavy atom. The van der Waals surface area contributed by atoms with Crippen LogP contribution < -0.4 is 10.1 Å². The van der Waals surface area contributed by atoms with E-state index in [9.17, 15) is 0 Å². The molecule has 0 aliphatic rings. The zero-order valence-corrected chi connectivity index (χ0v) is 15.3. The first kappa shape index (κ1) is 18.7. The number of nitrogens with zero attached hydrogens (tertiary/aromatic N) is 3. The highest BCUT2D eigenvalue weighted by Crippen LogP contribution is 2.15. The fourth-order valence-corrected chi connectivity index (χ4v) is 2.88. The molecule has 2 aromatic carbocycles. The highest BCUT2D eigenvalue weighted by molar-refractivity contribution is 5.29. The summed E-state index contributed by atoms with van der Waals surface area (Å²) in [5, 5.41) is 16.4. The maximum absolute atomic E-state index is 8.57. The van der Waals surface area contributed by atoms with Crippen LogP contribution in [0, 0.1) is 11.3 Å². The van der Waals surface area contributed by atoms with Crippen molar-refractivity contribution in [1.29, 1.82) is 5.26 Å². The standard InChI is InChI=1S/C22H24N4O/c23-11-3-4-14-27-22-10-5-7-19(15-22)16-24-17-20-8-1-2-9-21(20)18-26-13-6-12-25-26/h1-2,5-10,12-13,15,24H,3-4,14,16-18H2. The molecule has 0 amide bonds. The number of rotatable bonds is 10. The number of aromatic nitrogens is 2. The lowest BCUT2D eigenvalue weighted by molar-refractivity contribution is 0.312. The number of unbranched alkanes of at least 4 members (excludes halogenated alkanes) is 1. The van der Waals surface area contributed by atoms with Crippen LogP contribution in [0.5, 0.6) is 5.75 Å². The van der Waals surface area contributed by atoms with Crippen LogP contribution in [0.2, 0.25) is 0 Å². The van der Waals surface area contributed by atoms with Crippen LogP contribution in [0.3, 0.4) is 0 Å². The van der Waals surface area contributed by atoms with Crippen molar-refractivity contribution in [2.75, 3.05) is 6.61 Å². The van der Waals surface area contributed by atoms with Crippen molar-refractivity contribution < 1.29 is 4.74 Å². The van der Waals surface area contributed by atoms with Gasteiger partial charge in [-0.15, -0.1) is 0 Å². The maximum atomic E-state index is 8.57. The summed E-state index contributed by atoms with van der Waals surface area (Å²) in [6.07, 6.45) is 5.06. The van der Waals surface area contributed by atoms with Crippen molar-refractivity contribution in [2.45, 2.75) is 32.5 Å². The monoisotopic (exact) mass is 360 g/mol. The van der Waals surface area contributed by atoms with Gasteiger partial charge in [0.15, 0.2) is 0 Å². The van der Waals surface area contributed by atoms with Crippen molar-refractivity contribution in [2.24, 2.45) is 0 Å². The minimum absolute atomic E-state index is 0.527. The molecule has 0 fully saturated rings. The van der Waals surface area contributed by atoms with E-state index in [1.807, 2.05) is 29.1 Å². The number of nitrogens with one attached hydrogen (secondary N) is 1. The van der Waals surface area contributed by atoms with E-state index in [0.717, 1.165) is 31.8 Å². The first-order valence-electron chi connectivity index (χ1n) is 9.19. The van der Waals surface area contributed by atoms with E-state index in [1.165, 1.54) is 16.7 Å². The van der Waals surface area contributed by atoms with Crippen LogP contribution in [-0.4, -0.2) is 16.4 Å². The molecule has 1 heterocycles. The zero-order chi connectivity index (χ0) is 18.7. The fraction of sp³-hybridized carbons (Fsp3) is 0.273. The van der Waals surface area contributed by atoms with E-state index in [-0.39, 0.29) is 0 Å². The van der Waals surface area contributed by atoms with Gasteiger partial charge < -0.3 is 10.1 Å². The van der Waals surface area contributed by atoms with Crippen LogP contribution in [0.1, 0.15) is 29.5 Å². The first-order valence-corrected chi connectivity index (χ1v) is 9.19. The molecule has 27 heavy (non-hydrogen) atoms. The van der Waals surface area contributed by atoms with E-state index in [1.54, 1.807) is 6.20 Å². The highest BCUT2D eigenvalue weighted by atomic mass is 16.5. The van der Waals surface area contributed by atoms with Gasteiger partial charge in [-0.25, -0.2) is 0 Å². The molecule has 0 atom stereocenters. The van der Waals surface area contributed by atoms with Gasteiger partial charge in [0.2, 0.25) is 0 Å². The topological polar surface area (TPSA) is 62.9 Å². The molecule has 0 unspecified atom stereocenters. The summed E-state index contributed by atoms with van der Waals surface area (Å²) < 4.78 is 7.64. The van der Waals surface area contributed by atoms with Crippen LogP contribution in [0.4, 0.5) is 0 Å². The molecule has 0 aliphatic heterocycles. The van der Waals surface area contributed by atoms with Gasteiger partial charge >= 0.3 is 0 Å². The Labute approximate surface area is 160 Å². The average molecular weight is 360 g/mol. The lowest BCUT2D eigenvalue weighted by atomic mass is 10.1. The third-order valence-corrected chi connectivity index (χ3v) is 4.25. The summed E-state index contributed by atoms with van der Waals surface area (Å²) >= 11 is 0. The summed E-state index contributed by atoms with van der Waals surface area (Å²) in [6, 6.07) is 20.6. The molecule has 0 saturated carbocycles. The summed E-state index contributed by atoms with van der Waals surface area (Å²) in [7, 11) is 0. The third kappa shape index (κ3) is 5.98. The van der Waals surface area contributed by atoms with Crippen molar-refractivity contribution in [3.05, 3.63) is 83.7 Å². The van der Waals surface area contributed by atoms with Gasteiger partial charge in [-0.05, 0) is 41.3 Å². The molecular formula is C22H24N4O. The lowest BCUT2D eigenvalue weighted by Crippen LogP contribution is -2.15. The van der Waals surface area contributed by atoms with Gasteiger partial charge in [-0.2, -0.15) is 10.4 Å². The van der Waals surface area contributed by atoms with Gasteiger partial charge in [0, 0.05) is 31.9 Å². The average Bonchev–Trinajstić information content (AvgIpc) is 3.20. The van der Waals surface area contributed by atoms with E-state index in [4.69, 9.17) is 10.00 Å². The molecule has 0 saturated heterocycles. The highest BCUT2D eigenvalue weighted by Gasteiger charge is 2.03. The van der Waals surface area contributed by atoms with Crippen molar-refractivity contribution in [3.63, 3.8) is 0 Å². The fourth-order valence-electron chi connectivity index (χ4n) is 2.88. The van der Waals surface area contributed by atoms with Gasteiger partial charge in [-0.1, -0.05) is 36.4 Å². The Morgan fingerprint density at radius 2 is 1.93 bits per heavy atom. The SMILES string of the molecule is N#CCCCOc1cccc(CNCc2ccccc2Cn2cccn2)c1. The predicted octanol–water partition coefficient (Wildman–Crippen LogP) is 3.90. The van der Waals surface area contributed by atoms with Crippen LogP contribution in [-0.2, 0) is 19.6 Å². The second-order valence-electron chi connectivity index (χ2n) is 6.33. The van der Waals surface area contributed by atoms with Gasteiger partial charge in [0.25, 0.3) is 0 Å². The van der Waals surface area contributed by atoms with Crippen LogP contribution >= 0.6 is 0 Å². The summed E-state index contributed by atoms with van der Waals surface area (Å²) in [5.74, 6) is 0.853. The normalized spacial score (nSPS) is 10.5. The molecule has 3 aromatic rings. The minimum Gasteiger partial charge on any atom is -0.494 e. The number of ether oxygens (including phenoxy) is 1. The second-order valence-corrected chi connectivity index (χ2v) is 6.33. The Kier molecular flexibility index (Phi) is 7.02. The molecule has 0 radical (unpaired) electrons. The zero-order valence-electron chi connectivity index (χ0n) is 15.3. The Bertz CT molecular complexity index is 868. The number of nitriles is 1. The van der Waals surface area contributed by atoms with Crippen LogP contribution in [0.25, 0.3) is 0 Å². The number of benzene rings is 2. The summed E-state index contributed by atoms with van der Waals surface area (Å²) in [6.45, 7) is 2.91. The molecule has 3 rings (SSSR count). The Balaban J connectivity index is 1.52. The molecule has 1 N–H and O–H groups in total. The molecule has 138 valence electrons. The van der Waals surface area contributed by atoms with Gasteiger partial charge in [0.05, 0.1) is 19.2 Å². The summed E-state index contributed by atoms with van der Waals surface area (Å²) in [4.78, 5) is 0. The lowest BCUT2D eigenvalue weighted by Gasteiger charge is -2.12. The number of hydrogen-bond acceptors (Lipinski definition) is 4. The van der Waals surface area contributed by atoms with Crippen molar-refractivity contribution in [3.8, 4) is 11.8 Å². The van der Waals surface area contributed by atoms with E-state index in [0.29, 0.717) is 13.0 Å². The van der Waals surface area contributed by atoms with Crippen LogP contribution in [0.15, 0.2) is 67.0 Å². The molecule has 0 bridgehead atoms. The predicted molar refractivity (Wildman–Crippen MR) is 105 cm³/mol. The van der Waals surface area contributed by atoms with E-state index >= 15 is 0 Å². The second kappa shape index (κ2) is 10.1. The Morgan fingerprint density at radius 1 is 1.04 bits per heavy atom. The smallest absolute Gasteiger partial charge is 0.119 e. The largest absolute Gasteiger partial charge is 0.494 e. The van der Waals surface area contributed by atoms with Crippen molar-refractivity contribution in [1.82, 2.24) is 15.1 Å². The minimum atomic E-state index is 0.527. The molecular weight excluding hydrogens is 336 g/mol. The summed E-state index contributed by atoms with van der Waals surface area (Å²) in [5.41, 5.74) is 3.72. The first-order chi connectivity index (χ1) is 13.3. The van der Waals surface area contributed by atoms with E-state index in [2.05, 4.69) is 52.9 Å². The molecule has 0 aliphatic carbocycles.